The number of carbonyl (C=O) groups excluding carboxylic acids is 1. The fourth-order valence-electron chi connectivity index (χ4n) is 5.86. The first-order valence-electron chi connectivity index (χ1n) is 13.9. The lowest BCUT2D eigenvalue weighted by Crippen LogP contribution is -2.44. The summed E-state index contributed by atoms with van der Waals surface area (Å²) in [5, 5.41) is 14.6. The van der Waals surface area contributed by atoms with Crippen molar-refractivity contribution in [3.8, 4) is 11.5 Å². The molecule has 2 aromatic rings. The summed E-state index contributed by atoms with van der Waals surface area (Å²) >= 11 is 0. The fraction of sp³-hybridized carbons (Fsp3) is 0.467. The molecule has 9 heteroatoms. The van der Waals surface area contributed by atoms with Crippen molar-refractivity contribution in [2.24, 2.45) is 0 Å². The zero-order valence-corrected chi connectivity index (χ0v) is 22.7. The number of carbonyl (C=O) groups is 2. The molecule has 5 rings (SSSR count). The van der Waals surface area contributed by atoms with Gasteiger partial charge in [0.05, 0.1) is 30.5 Å². The van der Waals surface area contributed by atoms with Gasteiger partial charge in [0.1, 0.15) is 0 Å². The number of hydrazine groups is 1. The summed E-state index contributed by atoms with van der Waals surface area (Å²) < 4.78 is 11.9. The number of benzene rings is 2. The maximum Gasteiger partial charge on any atom is 0.411 e. The molecule has 208 valence electrons. The fourth-order valence-corrected chi connectivity index (χ4v) is 5.86. The molecule has 2 amide bonds. The van der Waals surface area contributed by atoms with E-state index < -0.39 is 6.09 Å². The van der Waals surface area contributed by atoms with Crippen molar-refractivity contribution in [2.75, 3.05) is 32.1 Å². The summed E-state index contributed by atoms with van der Waals surface area (Å²) in [5.41, 5.74) is 6.06. The third-order valence-electron chi connectivity index (χ3n) is 8.04. The van der Waals surface area contributed by atoms with Crippen LogP contribution in [0, 0.1) is 0 Å². The number of carboxylic acid groups (broad SMARTS) is 1. The molecule has 9 nitrogen and oxygen atoms in total. The van der Waals surface area contributed by atoms with Gasteiger partial charge in [0, 0.05) is 13.2 Å². The lowest BCUT2D eigenvalue weighted by atomic mass is 9.86. The second-order valence-electron chi connectivity index (χ2n) is 10.5. The molecule has 0 radical (unpaired) electrons. The molecule has 2 aliphatic heterocycles. The van der Waals surface area contributed by atoms with Gasteiger partial charge in [0.15, 0.2) is 11.5 Å². The van der Waals surface area contributed by atoms with E-state index in [-0.39, 0.29) is 24.0 Å². The highest BCUT2D eigenvalue weighted by molar-refractivity contribution is 6.04. The molecule has 3 N–H and O–H groups in total. The summed E-state index contributed by atoms with van der Waals surface area (Å²) in [7, 11) is 3.12. The van der Waals surface area contributed by atoms with Crippen LogP contribution in [-0.2, 0) is 0 Å². The van der Waals surface area contributed by atoms with Crippen LogP contribution in [0.1, 0.15) is 78.4 Å². The zero-order valence-electron chi connectivity index (χ0n) is 22.7. The van der Waals surface area contributed by atoms with Gasteiger partial charge in [-0.05, 0) is 93.3 Å². The van der Waals surface area contributed by atoms with Gasteiger partial charge in [-0.2, -0.15) is 0 Å². The summed E-state index contributed by atoms with van der Waals surface area (Å²) in [6, 6.07) is 11.3. The van der Waals surface area contributed by atoms with Gasteiger partial charge in [-0.15, -0.1) is 0 Å². The van der Waals surface area contributed by atoms with Crippen LogP contribution in [0.15, 0.2) is 48.7 Å². The Morgan fingerprint density at radius 2 is 1.82 bits per heavy atom. The Hall–Kier alpha value is -3.56. The summed E-state index contributed by atoms with van der Waals surface area (Å²) in [6.45, 7) is 1.73. The SMILES string of the molecule is COc1ccc(C2CC=CN(C(=O)c3c(C4CCNCC4)cccc3N(C)C(=O)O)N2)cc1OC1CCCC1. The van der Waals surface area contributed by atoms with Crippen LogP contribution in [-0.4, -0.2) is 55.5 Å². The number of methoxy groups -OCH3 is 1. The number of rotatable bonds is 7. The van der Waals surface area contributed by atoms with Gasteiger partial charge < -0.3 is 19.9 Å². The topological polar surface area (TPSA) is 103 Å². The Labute approximate surface area is 229 Å². The molecule has 0 bridgehead atoms. The molecule has 2 aromatic carbocycles. The van der Waals surface area contributed by atoms with Crippen LogP contribution >= 0.6 is 0 Å². The van der Waals surface area contributed by atoms with Crippen molar-refractivity contribution in [1.82, 2.24) is 15.8 Å². The summed E-state index contributed by atoms with van der Waals surface area (Å²) in [6.07, 6.45) is 9.71. The molecule has 0 aromatic heterocycles. The third-order valence-corrected chi connectivity index (χ3v) is 8.04. The molecule has 39 heavy (non-hydrogen) atoms. The van der Waals surface area contributed by atoms with Crippen LogP contribution in [0.25, 0.3) is 0 Å². The minimum atomic E-state index is -1.11. The van der Waals surface area contributed by atoms with E-state index in [0.717, 1.165) is 60.5 Å². The lowest BCUT2D eigenvalue weighted by Gasteiger charge is -2.33. The average molecular weight is 535 g/mol. The minimum Gasteiger partial charge on any atom is -0.493 e. The van der Waals surface area contributed by atoms with Gasteiger partial charge in [0.25, 0.3) is 5.91 Å². The monoisotopic (exact) mass is 534 g/mol. The molecule has 1 unspecified atom stereocenters. The Balaban J connectivity index is 1.43. The first-order valence-corrected chi connectivity index (χ1v) is 13.9. The number of nitrogens with one attached hydrogen (secondary N) is 2. The van der Waals surface area contributed by atoms with E-state index in [1.54, 1.807) is 19.4 Å². The quantitative estimate of drug-likeness (QED) is 0.448. The van der Waals surface area contributed by atoms with E-state index >= 15 is 0 Å². The highest BCUT2D eigenvalue weighted by Crippen LogP contribution is 2.37. The molecule has 2 fully saturated rings. The standard InChI is InChI=1S/C30H38N4O5/c1-33(30(36)37)25-11-5-9-23(20-14-16-31-17-15-20)28(25)29(35)34-18-6-10-24(32-34)21-12-13-26(38-2)27(19-21)39-22-7-3-4-8-22/h5-6,9,11-13,18-20,22,24,31-32H,3-4,7-8,10,14-17H2,1-2H3,(H,36,37). The maximum absolute atomic E-state index is 14.1. The normalized spacial score (nSPS) is 20.2. The summed E-state index contributed by atoms with van der Waals surface area (Å²) in [4.78, 5) is 27.2. The Morgan fingerprint density at radius 3 is 2.54 bits per heavy atom. The van der Waals surface area contributed by atoms with E-state index in [9.17, 15) is 14.7 Å². The molecule has 1 atom stereocenters. The van der Waals surface area contributed by atoms with E-state index in [2.05, 4.69) is 10.7 Å². The van der Waals surface area contributed by atoms with Gasteiger partial charge in [0.2, 0.25) is 0 Å². The predicted octanol–water partition coefficient (Wildman–Crippen LogP) is 5.20. The smallest absolute Gasteiger partial charge is 0.411 e. The van der Waals surface area contributed by atoms with Gasteiger partial charge in [-0.25, -0.2) is 15.2 Å². The van der Waals surface area contributed by atoms with Crippen molar-refractivity contribution in [3.63, 3.8) is 0 Å². The number of ether oxygens (including phenoxy) is 2. The predicted molar refractivity (Wildman–Crippen MR) is 149 cm³/mol. The van der Waals surface area contributed by atoms with Crippen LogP contribution in [0.4, 0.5) is 10.5 Å². The maximum atomic E-state index is 14.1. The molecule has 1 saturated carbocycles. The van der Waals surface area contributed by atoms with E-state index in [4.69, 9.17) is 9.47 Å². The van der Waals surface area contributed by atoms with Crippen LogP contribution < -0.4 is 25.1 Å². The first-order chi connectivity index (χ1) is 19.0. The molecule has 0 spiro atoms. The van der Waals surface area contributed by atoms with Gasteiger partial charge >= 0.3 is 6.09 Å². The largest absolute Gasteiger partial charge is 0.493 e. The number of hydrogen-bond donors (Lipinski definition) is 3. The Kier molecular flexibility index (Phi) is 8.38. The molecule has 1 saturated heterocycles. The number of anilines is 1. The molecule has 2 heterocycles. The molecule has 3 aliphatic rings. The number of amides is 2. The highest BCUT2D eigenvalue weighted by atomic mass is 16.5. The van der Waals surface area contributed by atoms with Crippen LogP contribution in [0.5, 0.6) is 11.5 Å². The second-order valence-corrected chi connectivity index (χ2v) is 10.5. The van der Waals surface area contributed by atoms with Crippen molar-refractivity contribution in [3.05, 3.63) is 65.4 Å². The average Bonchev–Trinajstić information content (AvgIpc) is 3.49. The summed E-state index contributed by atoms with van der Waals surface area (Å²) in [5.74, 6) is 1.32. The van der Waals surface area contributed by atoms with Crippen molar-refractivity contribution < 1.29 is 24.2 Å². The zero-order chi connectivity index (χ0) is 27.4. The Bertz CT molecular complexity index is 1220. The number of hydrogen-bond acceptors (Lipinski definition) is 6. The van der Waals surface area contributed by atoms with E-state index in [1.807, 2.05) is 36.4 Å². The second kappa shape index (κ2) is 12.1. The highest BCUT2D eigenvalue weighted by Gasteiger charge is 2.31. The van der Waals surface area contributed by atoms with Gasteiger partial charge in [-0.3, -0.25) is 9.69 Å². The van der Waals surface area contributed by atoms with E-state index in [1.165, 1.54) is 24.9 Å². The molecular weight excluding hydrogens is 496 g/mol. The van der Waals surface area contributed by atoms with Crippen molar-refractivity contribution >= 4 is 17.7 Å². The van der Waals surface area contributed by atoms with Crippen molar-refractivity contribution in [2.45, 2.75) is 63.0 Å². The lowest BCUT2D eigenvalue weighted by molar-refractivity contribution is 0.0712. The first kappa shape index (κ1) is 27.0. The minimum absolute atomic E-state index is 0.164. The van der Waals surface area contributed by atoms with Crippen LogP contribution in [0.2, 0.25) is 0 Å². The molecule has 1 aliphatic carbocycles. The van der Waals surface area contributed by atoms with Gasteiger partial charge in [-0.1, -0.05) is 24.3 Å². The number of nitrogens with zero attached hydrogens (tertiary/aromatic N) is 2. The molecular formula is C30H38N4O5. The Morgan fingerprint density at radius 1 is 1.05 bits per heavy atom. The number of piperidine rings is 1. The third kappa shape index (κ3) is 5.89. The van der Waals surface area contributed by atoms with Crippen molar-refractivity contribution in [1.29, 1.82) is 0 Å². The van der Waals surface area contributed by atoms with Crippen LogP contribution in [0.3, 0.4) is 0 Å². The van der Waals surface area contributed by atoms with E-state index in [0.29, 0.717) is 23.4 Å².